The Morgan fingerprint density at radius 2 is 1.90 bits per heavy atom. The third-order valence-corrected chi connectivity index (χ3v) is 5.49. The van der Waals surface area contributed by atoms with Crippen LogP contribution in [0, 0.1) is 11.8 Å². The molecule has 2 atom stereocenters. The summed E-state index contributed by atoms with van der Waals surface area (Å²) in [5, 5.41) is 4.39. The van der Waals surface area contributed by atoms with Crippen molar-refractivity contribution >= 4 is 27.5 Å². The molecule has 0 bridgehead atoms. The molecule has 0 unspecified atom stereocenters. The Balaban J connectivity index is 1.61. The molecule has 2 aliphatic rings. The average Bonchev–Trinajstić information content (AvgIpc) is 2.53. The van der Waals surface area contributed by atoms with Crippen LogP contribution in [-0.4, -0.2) is 11.6 Å². The van der Waals surface area contributed by atoms with E-state index in [1.165, 1.54) is 37.8 Å². The third kappa shape index (κ3) is 3.54. The standard InChI is InChI=1S/C17H21BrN2O/c18-16-8-4-3-7-15(16)17(21)20-19-14-10-9-12-5-1-2-6-13(12)11-14/h3-4,7-8,12-13H,1-2,5-6,9-11H2,(H,20,21)/b19-14-/t12-,13+/m1/s1. The number of nitrogens with zero attached hydrogens (tertiary/aromatic N) is 1. The minimum atomic E-state index is -0.138. The van der Waals surface area contributed by atoms with E-state index in [2.05, 4.69) is 26.5 Å². The van der Waals surface area contributed by atoms with Gasteiger partial charge in [0.15, 0.2) is 0 Å². The molecular weight excluding hydrogens is 328 g/mol. The van der Waals surface area contributed by atoms with Crippen LogP contribution in [0.15, 0.2) is 33.8 Å². The van der Waals surface area contributed by atoms with Gasteiger partial charge in [0.25, 0.3) is 5.91 Å². The molecule has 1 aromatic rings. The van der Waals surface area contributed by atoms with Crippen molar-refractivity contribution in [2.75, 3.05) is 0 Å². The molecule has 0 heterocycles. The molecule has 0 aromatic heterocycles. The van der Waals surface area contributed by atoms with Crippen LogP contribution in [0.2, 0.25) is 0 Å². The Morgan fingerprint density at radius 1 is 1.14 bits per heavy atom. The normalized spacial score (nSPS) is 27.2. The van der Waals surface area contributed by atoms with E-state index in [9.17, 15) is 4.79 Å². The molecule has 1 amide bonds. The summed E-state index contributed by atoms with van der Waals surface area (Å²) < 4.78 is 0.804. The molecule has 0 radical (unpaired) electrons. The number of carbonyl (C=O) groups excluding carboxylic acids is 1. The Hall–Kier alpha value is -1.16. The first-order valence-electron chi connectivity index (χ1n) is 7.84. The molecule has 2 fully saturated rings. The van der Waals surface area contributed by atoms with Gasteiger partial charge in [0.05, 0.1) is 5.56 Å². The first kappa shape index (κ1) is 14.8. The summed E-state index contributed by atoms with van der Waals surface area (Å²) in [4.78, 5) is 12.1. The molecule has 3 rings (SSSR count). The molecule has 2 aliphatic carbocycles. The number of fused-ring (bicyclic) bond motifs is 1. The number of benzene rings is 1. The minimum absolute atomic E-state index is 0.138. The van der Waals surface area contributed by atoms with Crippen molar-refractivity contribution in [3.05, 3.63) is 34.3 Å². The van der Waals surface area contributed by atoms with Crippen LogP contribution in [0.5, 0.6) is 0 Å². The summed E-state index contributed by atoms with van der Waals surface area (Å²) in [6.45, 7) is 0. The van der Waals surface area contributed by atoms with Gasteiger partial charge in [0.2, 0.25) is 0 Å². The summed E-state index contributed by atoms with van der Waals surface area (Å²) in [6.07, 6.45) is 8.83. The SMILES string of the molecule is O=C(N/N=C1/CC[C@H]2CCCC[C@H]2C1)c1ccccc1Br. The van der Waals surface area contributed by atoms with Crippen LogP contribution >= 0.6 is 15.9 Å². The van der Waals surface area contributed by atoms with E-state index in [1.807, 2.05) is 18.2 Å². The fraction of sp³-hybridized carbons (Fsp3) is 0.529. The lowest BCUT2D eigenvalue weighted by Crippen LogP contribution is -2.29. The number of hydrogen-bond donors (Lipinski definition) is 1. The van der Waals surface area contributed by atoms with E-state index in [0.29, 0.717) is 5.56 Å². The van der Waals surface area contributed by atoms with E-state index in [-0.39, 0.29) is 5.91 Å². The smallest absolute Gasteiger partial charge is 0.267 e. The van der Waals surface area contributed by atoms with Crippen molar-refractivity contribution in [2.24, 2.45) is 16.9 Å². The highest BCUT2D eigenvalue weighted by Crippen LogP contribution is 2.39. The lowest BCUT2D eigenvalue weighted by Gasteiger charge is -2.35. The summed E-state index contributed by atoms with van der Waals surface area (Å²) in [7, 11) is 0. The second-order valence-electron chi connectivity index (χ2n) is 6.15. The van der Waals surface area contributed by atoms with Crippen molar-refractivity contribution in [3.8, 4) is 0 Å². The second-order valence-corrected chi connectivity index (χ2v) is 7.00. The van der Waals surface area contributed by atoms with Gasteiger partial charge in [-0.25, -0.2) is 5.43 Å². The van der Waals surface area contributed by atoms with E-state index >= 15 is 0 Å². The summed E-state index contributed by atoms with van der Waals surface area (Å²) in [6, 6.07) is 7.43. The maximum absolute atomic E-state index is 12.1. The van der Waals surface area contributed by atoms with Crippen LogP contribution in [-0.2, 0) is 0 Å². The summed E-state index contributed by atoms with van der Waals surface area (Å²) in [5.74, 6) is 1.56. The van der Waals surface area contributed by atoms with E-state index in [0.717, 1.165) is 29.2 Å². The van der Waals surface area contributed by atoms with Crippen molar-refractivity contribution < 1.29 is 4.79 Å². The van der Waals surface area contributed by atoms with Gasteiger partial charge in [-0.15, -0.1) is 0 Å². The maximum Gasteiger partial charge on any atom is 0.272 e. The number of hydrogen-bond acceptors (Lipinski definition) is 2. The first-order chi connectivity index (χ1) is 10.2. The van der Waals surface area contributed by atoms with Crippen molar-refractivity contribution in [1.29, 1.82) is 0 Å². The van der Waals surface area contributed by atoms with E-state index in [4.69, 9.17) is 0 Å². The molecule has 0 saturated heterocycles. The van der Waals surface area contributed by atoms with Crippen LogP contribution in [0.3, 0.4) is 0 Å². The van der Waals surface area contributed by atoms with Gasteiger partial charge in [0.1, 0.15) is 0 Å². The van der Waals surface area contributed by atoms with Crippen LogP contribution in [0.25, 0.3) is 0 Å². The number of amides is 1. The summed E-state index contributed by atoms with van der Waals surface area (Å²) >= 11 is 3.40. The van der Waals surface area contributed by atoms with Crippen LogP contribution in [0.1, 0.15) is 55.3 Å². The molecule has 112 valence electrons. The Labute approximate surface area is 134 Å². The molecule has 2 saturated carbocycles. The van der Waals surface area contributed by atoms with Gasteiger partial charge in [-0.2, -0.15) is 5.10 Å². The predicted molar refractivity (Wildman–Crippen MR) is 88.3 cm³/mol. The summed E-state index contributed by atoms with van der Waals surface area (Å²) in [5.41, 5.74) is 4.52. The highest BCUT2D eigenvalue weighted by Gasteiger charge is 2.30. The Kier molecular flexibility index (Phi) is 4.73. The monoisotopic (exact) mass is 348 g/mol. The van der Waals surface area contributed by atoms with Crippen LogP contribution in [0.4, 0.5) is 0 Å². The molecule has 0 aliphatic heterocycles. The van der Waals surface area contributed by atoms with Gasteiger partial charge in [-0.1, -0.05) is 31.4 Å². The van der Waals surface area contributed by atoms with Gasteiger partial charge in [0, 0.05) is 10.2 Å². The second kappa shape index (κ2) is 6.73. The molecule has 1 aromatic carbocycles. The Morgan fingerprint density at radius 3 is 2.71 bits per heavy atom. The Bertz CT molecular complexity index is 555. The van der Waals surface area contributed by atoms with Gasteiger partial charge in [-0.05, 0) is 65.6 Å². The molecule has 4 heteroatoms. The van der Waals surface area contributed by atoms with Crippen molar-refractivity contribution in [1.82, 2.24) is 5.43 Å². The van der Waals surface area contributed by atoms with Crippen LogP contribution < -0.4 is 5.43 Å². The van der Waals surface area contributed by atoms with E-state index in [1.54, 1.807) is 6.07 Å². The molecule has 21 heavy (non-hydrogen) atoms. The number of hydrazone groups is 1. The topological polar surface area (TPSA) is 41.5 Å². The minimum Gasteiger partial charge on any atom is -0.267 e. The number of rotatable bonds is 2. The number of halogens is 1. The molecule has 0 spiro atoms. The third-order valence-electron chi connectivity index (χ3n) is 4.80. The van der Waals surface area contributed by atoms with Gasteiger partial charge in [-0.3, -0.25) is 4.79 Å². The predicted octanol–water partition coefficient (Wildman–Crippen LogP) is 4.53. The van der Waals surface area contributed by atoms with Crippen molar-refractivity contribution in [3.63, 3.8) is 0 Å². The van der Waals surface area contributed by atoms with E-state index < -0.39 is 0 Å². The number of carbonyl (C=O) groups is 1. The van der Waals surface area contributed by atoms with Gasteiger partial charge < -0.3 is 0 Å². The fourth-order valence-corrected chi connectivity index (χ4v) is 4.09. The largest absolute Gasteiger partial charge is 0.272 e. The zero-order chi connectivity index (χ0) is 14.7. The quantitative estimate of drug-likeness (QED) is 0.784. The molecule has 3 nitrogen and oxygen atoms in total. The first-order valence-corrected chi connectivity index (χ1v) is 8.63. The molecular formula is C17H21BrN2O. The van der Waals surface area contributed by atoms with Crippen molar-refractivity contribution in [2.45, 2.75) is 44.9 Å². The maximum atomic E-state index is 12.1. The lowest BCUT2D eigenvalue weighted by molar-refractivity contribution is 0.0953. The number of nitrogens with one attached hydrogen (secondary N) is 1. The highest BCUT2D eigenvalue weighted by molar-refractivity contribution is 9.10. The highest BCUT2D eigenvalue weighted by atomic mass is 79.9. The fourth-order valence-electron chi connectivity index (χ4n) is 3.63. The average molecular weight is 349 g/mol. The lowest BCUT2D eigenvalue weighted by atomic mass is 9.70. The van der Waals surface area contributed by atoms with Gasteiger partial charge >= 0.3 is 0 Å². The zero-order valence-electron chi connectivity index (χ0n) is 12.1. The molecule has 1 N–H and O–H groups in total. The zero-order valence-corrected chi connectivity index (χ0v) is 13.7.